The molecule has 11 nitrogen and oxygen atoms in total. The lowest BCUT2D eigenvalue weighted by molar-refractivity contribution is -0.120. The van der Waals surface area contributed by atoms with Crippen LogP contribution in [0.1, 0.15) is 56.6 Å². The van der Waals surface area contributed by atoms with Crippen LogP contribution in [0.3, 0.4) is 0 Å². The maximum atomic E-state index is 12.6. The number of Topliss-reactive ketones (excluding diaryl/α,β-unsaturated/α-hetero) is 2. The zero-order chi connectivity index (χ0) is 25.5. The maximum Gasteiger partial charge on any atom is 0.280 e. The Bertz CT molecular complexity index is 1290. The normalized spacial score (nSPS) is 11.3. The standard InChI is InChI=1S/C24H29N7O4.CH4/c1-5-18(33)10-11-19(14(2)32)28-22(34)15-6-8-17(9-7-15)31(4)13-16-12-26-21-20(27-16)23(35)30-24(25-3)29-21;/h6-9,12,19H,5,10-11,13H2,1-4H3,(H,28,34)(H2,25,26,29,30,35);1H4. The van der Waals surface area contributed by atoms with E-state index in [1.807, 2.05) is 11.9 Å². The van der Waals surface area contributed by atoms with E-state index < -0.39 is 6.04 Å². The fraction of sp³-hybridized carbons (Fsp3) is 0.400. The monoisotopic (exact) mass is 495 g/mol. The Morgan fingerprint density at radius 1 is 1.14 bits per heavy atom. The first kappa shape index (κ1) is 28.1. The van der Waals surface area contributed by atoms with Crippen LogP contribution in [0, 0.1) is 0 Å². The molecule has 0 saturated heterocycles. The second-order valence-corrected chi connectivity index (χ2v) is 8.17. The van der Waals surface area contributed by atoms with Gasteiger partial charge in [-0.2, -0.15) is 4.98 Å². The minimum absolute atomic E-state index is 0. The first-order valence-electron chi connectivity index (χ1n) is 11.3. The lowest BCUT2D eigenvalue weighted by Crippen LogP contribution is -2.40. The highest BCUT2D eigenvalue weighted by atomic mass is 16.2. The summed E-state index contributed by atoms with van der Waals surface area (Å²) in [4.78, 5) is 65.7. The summed E-state index contributed by atoms with van der Waals surface area (Å²) in [6, 6.07) is 6.18. The minimum atomic E-state index is -0.700. The molecule has 3 N–H and O–H groups in total. The highest BCUT2D eigenvalue weighted by molar-refractivity contribution is 5.98. The topological polar surface area (TPSA) is 150 Å². The third-order valence-electron chi connectivity index (χ3n) is 5.58. The molecular formula is C25H33N7O4. The van der Waals surface area contributed by atoms with Crippen molar-refractivity contribution in [2.45, 2.75) is 53.1 Å². The molecule has 0 aliphatic heterocycles. The molecule has 0 bridgehead atoms. The van der Waals surface area contributed by atoms with Crippen LogP contribution in [0.5, 0.6) is 0 Å². The lowest BCUT2D eigenvalue weighted by atomic mass is 10.0. The van der Waals surface area contributed by atoms with Crippen molar-refractivity contribution in [2.75, 3.05) is 24.3 Å². The molecule has 0 aliphatic carbocycles. The van der Waals surface area contributed by atoms with Gasteiger partial charge in [0, 0.05) is 38.2 Å². The highest BCUT2D eigenvalue weighted by Gasteiger charge is 2.19. The Balaban J connectivity index is 0.00000456. The van der Waals surface area contributed by atoms with E-state index in [2.05, 4.69) is 30.6 Å². The van der Waals surface area contributed by atoms with Crippen LogP contribution in [-0.2, 0) is 16.1 Å². The van der Waals surface area contributed by atoms with E-state index in [1.54, 1.807) is 44.4 Å². The molecule has 36 heavy (non-hydrogen) atoms. The van der Waals surface area contributed by atoms with Crippen LogP contribution in [-0.4, -0.2) is 57.5 Å². The summed E-state index contributed by atoms with van der Waals surface area (Å²) >= 11 is 0. The van der Waals surface area contributed by atoms with E-state index in [1.165, 1.54) is 6.92 Å². The summed E-state index contributed by atoms with van der Waals surface area (Å²) in [5.41, 5.74) is 1.83. The van der Waals surface area contributed by atoms with Gasteiger partial charge in [-0.25, -0.2) is 9.97 Å². The Labute approximate surface area is 209 Å². The van der Waals surface area contributed by atoms with Crippen molar-refractivity contribution in [1.29, 1.82) is 0 Å². The Morgan fingerprint density at radius 3 is 2.44 bits per heavy atom. The quantitative estimate of drug-likeness (QED) is 0.364. The van der Waals surface area contributed by atoms with E-state index in [9.17, 15) is 19.2 Å². The van der Waals surface area contributed by atoms with Gasteiger partial charge < -0.3 is 15.5 Å². The number of fused-ring (bicyclic) bond motifs is 1. The molecule has 0 aliphatic rings. The predicted molar refractivity (Wildman–Crippen MR) is 139 cm³/mol. The summed E-state index contributed by atoms with van der Waals surface area (Å²) < 4.78 is 0. The Hall–Kier alpha value is -4.15. The second-order valence-electron chi connectivity index (χ2n) is 8.17. The first-order chi connectivity index (χ1) is 16.7. The molecular weight excluding hydrogens is 462 g/mol. The van der Waals surface area contributed by atoms with E-state index >= 15 is 0 Å². The van der Waals surface area contributed by atoms with E-state index in [-0.39, 0.29) is 54.5 Å². The third-order valence-corrected chi connectivity index (χ3v) is 5.58. The molecule has 1 aromatic carbocycles. The van der Waals surface area contributed by atoms with E-state index in [0.29, 0.717) is 30.2 Å². The molecule has 3 aromatic rings. The van der Waals surface area contributed by atoms with Gasteiger partial charge >= 0.3 is 0 Å². The van der Waals surface area contributed by atoms with Gasteiger partial charge in [0.15, 0.2) is 16.9 Å². The molecule has 0 spiro atoms. The number of aromatic nitrogens is 4. The van der Waals surface area contributed by atoms with Gasteiger partial charge in [0.05, 0.1) is 24.5 Å². The first-order valence-corrected chi connectivity index (χ1v) is 11.3. The second kappa shape index (κ2) is 12.5. The van der Waals surface area contributed by atoms with Crippen molar-refractivity contribution < 1.29 is 14.4 Å². The Kier molecular flexibility index (Phi) is 9.77. The van der Waals surface area contributed by atoms with Gasteiger partial charge in [0.1, 0.15) is 5.78 Å². The maximum absolute atomic E-state index is 12.6. The van der Waals surface area contributed by atoms with Crippen molar-refractivity contribution in [3.63, 3.8) is 0 Å². The molecule has 2 heterocycles. The lowest BCUT2D eigenvalue weighted by Gasteiger charge is -2.19. The molecule has 2 aromatic heterocycles. The number of hydrogen-bond acceptors (Lipinski definition) is 9. The molecule has 192 valence electrons. The van der Waals surface area contributed by atoms with Crippen molar-refractivity contribution >= 4 is 40.3 Å². The summed E-state index contributed by atoms with van der Waals surface area (Å²) in [6.45, 7) is 3.55. The van der Waals surface area contributed by atoms with Crippen LogP contribution in [0.2, 0.25) is 0 Å². The summed E-state index contributed by atoms with van der Waals surface area (Å²) in [7, 11) is 3.50. The van der Waals surface area contributed by atoms with Gasteiger partial charge in [-0.15, -0.1) is 0 Å². The van der Waals surface area contributed by atoms with Gasteiger partial charge in [-0.05, 0) is 37.6 Å². The predicted octanol–water partition coefficient (Wildman–Crippen LogP) is 2.47. The Morgan fingerprint density at radius 2 is 1.83 bits per heavy atom. The minimum Gasteiger partial charge on any atom is -0.369 e. The van der Waals surface area contributed by atoms with Crippen molar-refractivity contribution in [3.05, 3.63) is 52.1 Å². The van der Waals surface area contributed by atoms with Gasteiger partial charge in [-0.1, -0.05) is 14.4 Å². The zero-order valence-electron chi connectivity index (χ0n) is 20.2. The van der Waals surface area contributed by atoms with Crippen LogP contribution < -0.4 is 21.1 Å². The average molecular weight is 496 g/mol. The number of carbonyl (C=O) groups excluding carboxylic acids is 3. The molecule has 1 amide bonds. The number of ketones is 2. The summed E-state index contributed by atoms with van der Waals surface area (Å²) in [5, 5.41) is 5.48. The van der Waals surface area contributed by atoms with Crippen LogP contribution in [0.4, 0.5) is 11.6 Å². The molecule has 1 atom stereocenters. The zero-order valence-corrected chi connectivity index (χ0v) is 20.2. The molecule has 0 saturated carbocycles. The van der Waals surface area contributed by atoms with E-state index in [0.717, 1.165) is 5.69 Å². The number of nitrogens with one attached hydrogen (secondary N) is 3. The number of anilines is 2. The number of amides is 1. The number of benzene rings is 1. The fourth-order valence-electron chi connectivity index (χ4n) is 3.45. The molecule has 11 heteroatoms. The number of hydrogen-bond donors (Lipinski definition) is 3. The largest absolute Gasteiger partial charge is 0.369 e. The summed E-state index contributed by atoms with van der Waals surface area (Å²) in [5.74, 6) is -0.199. The number of aromatic amines is 1. The fourth-order valence-corrected chi connectivity index (χ4v) is 3.45. The summed E-state index contributed by atoms with van der Waals surface area (Å²) in [6.07, 6.45) is 2.51. The van der Waals surface area contributed by atoms with Crippen molar-refractivity contribution in [1.82, 2.24) is 25.3 Å². The average Bonchev–Trinajstić information content (AvgIpc) is 2.86. The number of carbonyl (C=O) groups is 3. The SMILES string of the molecule is C.CCC(=O)CCC(NC(=O)c1ccc(N(C)Cc2cnc3nc(NC)[nH]c(=O)c3n2)cc1)C(C)=O. The van der Waals surface area contributed by atoms with Crippen LogP contribution >= 0.6 is 0 Å². The van der Waals surface area contributed by atoms with E-state index in [4.69, 9.17) is 0 Å². The van der Waals surface area contributed by atoms with Crippen LogP contribution in [0.25, 0.3) is 11.2 Å². The number of nitrogens with zero attached hydrogens (tertiary/aromatic N) is 4. The van der Waals surface area contributed by atoms with Gasteiger partial charge in [0.2, 0.25) is 5.95 Å². The smallest absolute Gasteiger partial charge is 0.280 e. The number of rotatable bonds is 11. The van der Waals surface area contributed by atoms with Crippen molar-refractivity contribution in [2.24, 2.45) is 0 Å². The highest BCUT2D eigenvalue weighted by Crippen LogP contribution is 2.17. The molecule has 1 unspecified atom stereocenters. The number of H-pyrrole nitrogens is 1. The van der Waals surface area contributed by atoms with Crippen LogP contribution in [0.15, 0.2) is 35.3 Å². The van der Waals surface area contributed by atoms with Gasteiger partial charge in [-0.3, -0.25) is 24.2 Å². The molecule has 3 rings (SSSR count). The molecule has 0 radical (unpaired) electrons. The van der Waals surface area contributed by atoms with Gasteiger partial charge in [0.25, 0.3) is 11.5 Å². The molecule has 0 fully saturated rings. The third kappa shape index (κ3) is 6.94. The van der Waals surface area contributed by atoms with Crippen molar-refractivity contribution in [3.8, 4) is 0 Å².